The van der Waals surface area contributed by atoms with Gasteiger partial charge in [0.15, 0.2) is 5.17 Å². The van der Waals surface area contributed by atoms with E-state index in [0.29, 0.717) is 22.0 Å². The molecule has 1 aliphatic rings. The predicted molar refractivity (Wildman–Crippen MR) is 87.7 cm³/mol. The van der Waals surface area contributed by atoms with E-state index in [-0.39, 0.29) is 10.9 Å². The van der Waals surface area contributed by atoms with Gasteiger partial charge in [0.05, 0.1) is 15.4 Å². The largest absolute Gasteiger partial charge is 0.456 e. The Balaban J connectivity index is 1.96. The number of furan rings is 1. The first-order chi connectivity index (χ1) is 10.9. The number of aryl methyl sites for hydroxylation is 1. The van der Waals surface area contributed by atoms with Crippen LogP contribution >= 0.6 is 11.8 Å². The molecule has 1 aromatic heterocycles. The highest BCUT2D eigenvalue weighted by Gasteiger charge is 2.21. The number of carbonyl (C=O) groups excluding carboxylic acids is 1. The summed E-state index contributed by atoms with van der Waals surface area (Å²) in [5.41, 5.74) is 6.62. The fourth-order valence-electron chi connectivity index (χ4n) is 2.13. The Morgan fingerprint density at radius 1 is 1.35 bits per heavy atom. The van der Waals surface area contributed by atoms with E-state index in [2.05, 4.69) is 4.99 Å². The van der Waals surface area contributed by atoms with Crippen molar-refractivity contribution in [2.45, 2.75) is 6.92 Å². The van der Waals surface area contributed by atoms with Crippen LogP contribution in [-0.2, 0) is 4.79 Å². The van der Waals surface area contributed by atoms with Crippen molar-refractivity contribution in [3.63, 3.8) is 0 Å². The van der Waals surface area contributed by atoms with Crippen LogP contribution < -0.4 is 5.73 Å². The molecular weight excluding hydrogens is 318 g/mol. The molecule has 2 N–H and O–H groups in total. The molecule has 3 rings (SSSR count). The van der Waals surface area contributed by atoms with E-state index in [1.165, 1.54) is 12.1 Å². The van der Waals surface area contributed by atoms with Crippen molar-refractivity contribution in [3.8, 4) is 11.3 Å². The highest BCUT2D eigenvalue weighted by atomic mass is 32.2. The molecule has 0 bridgehead atoms. The number of hydrogen-bond acceptors (Lipinski definition) is 6. The van der Waals surface area contributed by atoms with Crippen LogP contribution in [0.2, 0.25) is 0 Å². The maximum Gasteiger partial charge on any atom is 0.286 e. The minimum atomic E-state index is -0.451. The lowest BCUT2D eigenvalue weighted by molar-refractivity contribution is -0.384. The van der Waals surface area contributed by atoms with Gasteiger partial charge in [0.1, 0.15) is 11.5 Å². The lowest BCUT2D eigenvalue weighted by Crippen LogP contribution is -2.01. The molecule has 0 spiro atoms. The topological polar surface area (TPSA) is 112 Å². The van der Waals surface area contributed by atoms with Gasteiger partial charge in [0, 0.05) is 12.1 Å². The van der Waals surface area contributed by atoms with Crippen LogP contribution in [0.25, 0.3) is 17.4 Å². The minimum absolute atomic E-state index is 0.0301. The molecule has 0 aliphatic carbocycles. The number of amidine groups is 1. The van der Waals surface area contributed by atoms with E-state index in [1.807, 2.05) is 0 Å². The molecule has 0 saturated heterocycles. The average Bonchev–Trinajstić information content (AvgIpc) is 3.06. The normalized spacial score (nSPS) is 16.0. The first kappa shape index (κ1) is 15.0. The number of benzene rings is 1. The highest BCUT2D eigenvalue weighted by Crippen LogP contribution is 2.33. The van der Waals surface area contributed by atoms with E-state index in [1.54, 1.807) is 31.2 Å². The number of rotatable bonds is 3. The van der Waals surface area contributed by atoms with Crippen LogP contribution in [0, 0.1) is 17.0 Å². The summed E-state index contributed by atoms with van der Waals surface area (Å²) in [6.07, 6.45) is 1.51. The van der Waals surface area contributed by atoms with Crippen molar-refractivity contribution < 1.29 is 14.1 Å². The highest BCUT2D eigenvalue weighted by molar-refractivity contribution is 8.18. The quantitative estimate of drug-likeness (QED) is 0.526. The van der Waals surface area contributed by atoms with Crippen LogP contribution in [-0.4, -0.2) is 16.0 Å². The average molecular weight is 329 g/mol. The number of nitro groups is 1. The van der Waals surface area contributed by atoms with Crippen molar-refractivity contribution in [3.05, 3.63) is 56.7 Å². The van der Waals surface area contributed by atoms with Gasteiger partial charge in [-0.15, -0.1) is 0 Å². The van der Waals surface area contributed by atoms with Crippen LogP contribution in [0.5, 0.6) is 0 Å². The van der Waals surface area contributed by atoms with Gasteiger partial charge in [0.25, 0.3) is 11.6 Å². The fourth-order valence-corrected chi connectivity index (χ4v) is 2.79. The van der Waals surface area contributed by atoms with Gasteiger partial charge in [-0.2, -0.15) is 4.99 Å². The van der Waals surface area contributed by atoms with Crippen LogP contribution in [0.4, 0.5) is 5.69 Å². The molecule has 0 radical (unpaired) electrons. The molecule has 2 aromatic rings. The molecule has 1 aromatic carbocycles. The third kappa shape index (κ3) is 3.02. The zero-order valence-electron chi connectivity index (χ0n) is 12.0. The summed E-state index contributed by atoms with van der Waals surface area (Å²) < 4.78 is 5.61. The van der Waals surface area contributed by atoms with Gasteiger partial charge in [-0.05, 0) is 42.4 Å². The molecule has 1 aliphatic heterocycles. The summed E-state index contributed by atoms with van der Waals surface area (Å²) in [6.45, 7) is 1.78. The number of nitro benzene ring substituents is 1. The third-order valence-electron chi connectivity index (χ3n) is 3.15. The SMILES string of the molecule is Cc1ccc(-c2ccc(C=C3SC(N)=NC3=O)o2)c([N+](=O)[O-])c1. The molecule has 23 heavy (non-hydrogen) atoms. The van der Waals surface area contributed by atoms with Gasteiger partial charge in [-0.3, -0.25) is 14.9 Å². The number of nitrogens with zero attached hydrogens (tertiary/aromatic N) is 2. The minimum Gasteiger partial charge on any atom is -0.456 e. The lowest BCUT2D eigenvalue weighted by Gasteiger charge is -2.01. The maximum atomic E-state index is 11.6. The van der Waals surface area contributed by atoms with E-state index in [4.69, 9.17) is 10.2 Å². The smallest absolute Gasteiger partial charge is 0.286 e. The second kappa shape index (κ2) is 5.73. The van der Waals surface area contributed by atoms with Crippen molar-refractivity contribution in [2.75, 3.05) is 0 Å². The number of carbonyl (C=O) groups is 1. The Morgan fingerprint density at radius 2 is 2.13 bits per heavy atom. The molecule has 2 heterocycles. The molecule has 0 fully saturated rings. The first-order valence-electron chi connectivity index (χ1n) is 6.57. The summed E-state index contributed by atoms with van der Waals surface area (Å²) in [7, 11) is 0. The summed E-state index contributed by atoms with van der Waals surface area (Å²) >= 11 is 1.05. The van der Waals surface area contributed by atoms with Crippen LogP contribution in [0.3, 0.4) is 0 Å². The van der Waals surface area contributed by atoms with Crippen molar-refractivity contribution >= 4 is 34.6 Å². The zero-order valence-corrected chi connectivity index (χ0v) is 12.8. The molecule has 0 saturated carbocycles. The van der Waals surface area contributed by atoms with Gasteiger partial charge in [-0.25, -0.2) is 0 Å². The van der Waals surface area contributed by atoms with Crippen molar-refractivity contribution in [2.24, 2.45) is 10.7 Å². The Labute approximate surface area is 135 Å². The van der Waals surface area contributed by atoms with Gasteiger partial charge in [-0.1, -0.05) is 6.07 Å². The zero-order chi connectivity index (χ0) is 16.6. The Bertz CT molecular complexity index is 883. The molecule has 7 nitrogen and oxygen atoms in total. The first-order valence-corrected chi connectivity index (χ1v) is 7.39. The number of amides is 1. The molecular formula is C15H11N3O4S. The second-order valence-electron chi connectivity index (χ2n) is 4.85. The number of nitrogens with two attached hydrogens (primary N) is 1. The molecule has 116 valence electrons. The molecule has 1 amide bonds. The summed E-state index contributed by atoms with van der Waals surface area (Å²) in [6, 6.07) is 8.15. The maximum absolute atomic E-state index is 11.6. The Kier molecular flexibility index (Phi) is 3.75. The number of thioether (sulfide) groups is 1. The van der Waals surface area contributed by atoms with Crippen LogP contribution in [0.1, 0.15) is 11.3 Å². The van der Waals surface area contributed by atoms with E-state index >= 15 is 0 Å². The van der Waals surface area contributed by atoms with E-state index in [9.17, 15) is 14.9 Å². The lowest BCUT2D eigenvalue weighted by atomic mass is 10.1. The second-order valence-corrected chi connectivity index (χ2v) is 5.91. The fraction of sp³-hybridized carbons (Fsp3) is 0.0667. The summed E-state index contributed by atoms with van der Waals surface area (Å²) in [5.74, 6) is 0.329. The van der Waals surface area contributed by atoms with E-state index in [0.717, 1.165) is 17.3 Å². The number of hydrogen-bond donors (Lipinski definition) is 1. The van der Waals surface area contributed by atoms with Gasteiger partial charge in [0.2, 0.25) is 0 Å². The standard InChI is InChI=1S/C15H11N3O4S/c1-8-2-4-10(11(6-8)18(20)21)12-5-3-9(22-12)7-13-14(19)17-15(16)23-13/h2-7H,1H3,(H2,16,17,19). The molecule has 0 unspecified atom stereocenters. The summed E-state index contributed by atoms with van der Waals surface area (Å²) in [5, 5.41) is 11.4. The van der Waals surface area contributed by atoms with Crippen LogP contribution in [0.15, 0.2) is 44.6 Å². The Morgan fingerprint density at radius 3 is 2.78 bits per heavy atom. The van der Waals surface area contributed by atoms with Gasteiger partial charge < -0.3 is 10.2 Å². The predicted octanol–water partition coefficient (Wildman–Crippen LogP) is 3.09. The third-order valence-corrected chi connectivity index (χ3v) is 3.97. The molecule has 0 atom stereocenters. The van der Waals surface area contributed by atoms with E-state index < -0.39 is 10.8 Å². The summed E-state index contributed by atoms with van der Waals surface area (Å²) in [4.78, 5) is 26.2. The molecule has 8 heteroatoms. The van der Waals surface area contributed by atoms with Crippen molar-refractivity contribution in [1.82, 2.24) is 0 Å². The number of aliphatic imine (C=N–C) groups is 1. The van der Waals surface area contributed by atoms with Crippen molar-refractivity contribution in [1.29, 1.82) is 0 Å². The Hall–Kier alpha value is -2.87. The van der Waals surface area contributed by atoms with Gasteiger partial charge >= 0.3 is 0 Å². The monoisotopic (exact) mass is 329 g/mol.